The molecule has 2 aliphatic rings. The molecule has 4 N–H and O–H groups in total. The third kappa shape index (κ3) is 4.17. The number of rotatable bonds is 4. The van der Waals surface area contributed by atoms with E-state index in [1.165, 1.54) is 6.92 Å². The van der Waals surface area contributed by atoms with Crippen LogP contribution in [0.4, 0.5) is 0 Å². The monoisotopic (exact) mass is 400 g/mol. The van der Waals surface area contributed by atoms with Gasteiger partial charge >= 0.3 is 0 Å². The zero-order valence-electron chi connectivity index (χ0n) is 15.7. The van der Waals surface area contributed by atoms with E-state index < -0.39 is 30.2 Å². The van der Waals surface area contributed by atoms with E-state index >= 15 is 0 Å². The maximum absolute atomic E-state index is 11.0. The van der Waals surface area contributed by atoms with Gasteiger partial charge in [0.15, 0.2) is 0 Å². The first-order valence-electron chi connectivity index (χ1n) is 9.52. The fourth-order valence-electron chi connectivity index (χ4n) is 4.19. The van der Waals surface area contributed by atoms with Crippen LogP contribution in [0.25, 0.3) is 0 Å². The van der Waals surface area contributed by atoms with Gasteiger partial charge in [0.05, 0.1) is 12.2 Å². The predicted molar refractivity (Wildman–Crippen MR) is 100 cm³/mol. The number of aliphatic hydroxyl groups excluding tert-OH is 3. The van der Waals surface area contributed by atoms with E-state index in [4.69, 9.17) is 21.1 Å². The number of halogens is 1. The minimum Gasteiger partial charge on any atom is -0.388 e. The van der Waals surface area contributed by atoms with E-state index in [2.05, 4.69) is 0 Å². The topological polar surface area (TPSA) is 99.4 Å². The highest BCUT2D eigenvalue weighted by Crippen LogP contribution is 2.38. The Labute approximate surface area is 164 Å². The van der Waals surface area contributed by atoms with Crippen molar-refractivity contribution in [1.29, 1.82) is 0 Å². The molecular weight excluding hydrogens is 372 g/mol. The standard InChI is InChI=1S/C20H29ClO6/c1-11-17(22)18(23)19(24)20(25,27-11)14-5-8-16(21)13(10-14)9-12-3-6-15(26-2)7-4-12/h5,8,10-12,15,17-19,22-25H,3-4,6-7,9H2,1-2H3/t11-,12?,15?,17-,18+,19-,20+/m1/s1. The predicted octanol–water partition coefficient (Wildman–Crippen LogP) is 1.73. The van der Waals surface area contributed by atoms with Crippen molar-refractivity contribution in [3.8, 4) is 0 Å². The van der Waals surface area contributed by atoms with Gasteiger partial charge in [-0.15, -0.1) is 0 Å². The highest BCUT2D eigenvalue weighted by molar-refractivity contribution is 6.31. The number of ether oxygens (including phenoxy) is 2. The molecule has 1 aliphatic carbocycles. The van der Waals surface area contributed by atoms with Crippen LogP contribution in [0.15, 0.2) is 18.2 Å². The molecule has 6 nitrogen and oxygen atoms in total. The van der Waals surface area contributed by atoms with E-state index in [0.717, 1.165) is 37.7 Å². The molecule has 0 bridgehead atoms. The van der Waals surface area contributed by atoms with Crippen molar-refractivity contribution in [2.75, 3.05) is 7.11 Å². The van der Waals surface area contributed by atoms with Crippen molar-refractivity contribution >= 4 is 11.6 Å². The number of methoxy groups -OCH3 is 1. The second-order valence-electron chi connectivity index (χ2n) is 7.83. The molecule has 152 valence electrons. The fraction of sp³-hybridized carbons (Fsp3) is 0.700. The molecule has 7 heteroatoms. The first-order chi connectivity index (χ1) is 12.8. The summed E-state index contributed by atoms with van der Waals surface area (Å²) >= 11 is 6.37. The van der Waals surface area contributed by atoms with Crippen LogP contribution in [0.1, 0.15) is 43.7 Å². The zero-order valence-corrected chi connectivity index (χ0v) is 16.5. The van der Waals surface area contributed by atoms with Crippen LogP contribution in [0.2, 0.25) is 5.02 Å². The summed E-state index contributed by atoms with van der Waals surface area (Å²) in [5.41, 5.74) is 1.19. The molecule has 1 saturated heterocycles. The maximum Gasteiger partial charge on any atom is 0.222 e. The Kier molecular flexibility index (Phi) is 6.48. The van der Waals surface area contributed by atoms with Gasteiger partial charge in [0.1, 0.15) is 18.3 Å². The molecule has 1 heterocycles. The molecule has 0 spiro atoms. The summed E-state index contributed by atoms with van der Waals surface area (Å²) in [6.45, 7) is 1.54. The van der Waals surface area contributed by atoms with Crippen LogP contribution >= 0.6 is 11.6 Å². The highest BCUT2D eigenvalue weighted by atomic mass is 35.5. The van der Waals surface area contributed by atoms with Crippen molar-refractivity contribution in [3.63, 3.8) is 0 Å². The molecular formula is C20H29ClO6. The van der Waals surface area contributed by atoms with Crippen LogP contribution in [0.5, 0.6) is 0 Å². The normalized spacial score (nSPS) is 40.1. The molecule has 2 fully saturated rings. The summed E-state index contributed by atoms with van der Waals surface area (Å²) < 4.78 is 10.9. The van der Waals surface area contributed by atoms with Crippen molar-refractivity contribution in [2.45, 2.75) is 75.3 Å². The smallest absolute Gasteiger partial charge is 0.222 e. The second-order valence-corrected chi connectivity index (χ2v) is 8.24. The Hall–Kier alpha value is -0.730. The minimum absolute atomic E-state index is 0.317. The zero-order chi connectivity index (χ0) is 19.8. The second kappa shape index (κ2) is 8.33. The van der Waals surface area contributed by atoms with Crippen LogP contribution < -0.4 is 0 Å². The number of aliphatic hydroxyl groups is 4. The quantitative estimate of drug-likeness (QED) is 0.614. The molecule has 0 amide bonds. The van der Waals surface area contributed by atoms with Crippen LogP contribution in [-0.4, -0.2) is 58.1 Å². The Morgan fingerprint density at radius 3 is 2.44 bits per heavy atom. The summed E-state index contributed by atoms with van der Waals surface area (Å²) in [6, 6.07) is 4.97. The average Bonchev–Trinajstić information content (AvgIpc) is 2.67. The Morgan fingerprint density at radius 2 is 1.81 bits per heavy atom. The van der Waals surface area contributed by atoms with Crippen molar-refractivity contribution in [2.24, 2.45) is 5.92 Å². The number of hydrogen-bond acceptors (Lipinski definition) is 6. The summed E-state index contributed by atoms with van der Waals surface area (Å²) in [5.74, 6) is -1.63. The van der Waals surface area contributed by atoms with Crippen LogP contribution in [0.3, 0.4) is 0 Å². The van der Waals surface area contributed by atoms with E-state index in [1.807, 2.05) is 0 Å². The van der Waals surface area contributed by atoms with Crippen LogP contribution in [-0.2, 0) is 21.7 Å². The lowest BCUT2D eigenvalue weighted by atomic mass is 9.82. The molecule has 0 unspecified atom stereocenters. The van der Waals surface area contributed by atoms with Gasteiger partial charge in [0, 0.05) is 17.7 Å². The molecule has 1 aromatic rings. The molecule has 5 atom stereocenters. The fourth-order valence-corrected chi connectivity index (χ4v) is 4.39. The van der Waals surface area contributed by atoms with Gasteiger partial charge in [-0.1, -0.05) is 17.7 Å². The summed E-state index contributed by atoms with van der Waals surface area (Å²) in [5, 5.41) is 41.8. The molecule has 0 radical (unpaired) electrons. The van der Waals surface area contributed by atoms with Gasteiger partial charge in [0.2, 0.25) is 5.79 Å². The third-order valence-corrected chi connectivity index (χ3v) is 6.38. The lowest BCUT2D eigenvalue weighted by molar-refractivity contribution is -0.351. The van der Waals surface area contributed by atoms with Crippen molar-refractivity contribution in [3.05, 3.63) is 34.3 Å². The summed E-state index contributed by atoms with van der Waals surface area (Å²) in [7, 11) is 1.74. The van der Waals surface area contributed by atoms with Crippen molar-refractivity contribution < 1.29 is 29.9 Å². The first-order valence-corrected chi connectivity index (χ1v) is 9.90. The maximum atomic E-state index is 11.0. The Bertz CT molecular complexity index is 647. The van der Waals surface area contributed by atoms with Gasteiger partial charge < -0.3 is 29.9 Å². The lowest BCUT2D eigenvalue weighted by Gasteiger charge is -2.45. The molecule has 1 aliphatic heterocycles. The highest BCUT2D eigenvalue weighted by Gasteiger charge is 2.52. The van der Waals surface area contributed by atoms with E-state index in [9.17, 15) is 20.4 Å². The van der Waals surface area contributed by atoms with E-state index in [0.29, 0.717) is 22.6 Å². The molecule has 1 saturated carbocycles. The first kappa shape index (κ1) is 21.0. The van der Waals surface area contributed by atoms with Crippen LogP contribution in [0, 0.1) is 5.92 Å². The summed E-state index contributed by atoms with van der Waals surface area (Å²) in [4.78, 5) is 0. The molecule has 27 heavy (non-hydrogen) atoms. The largest absolute Gasteiger partial charge is 0.388 e. The van der Waals surface area contributed by atoms with Gasteiger partial charge in [-0.25, -0.2) is 0 Å². The SMILES string of the molecule is COC1CCC(Cc2cc([C@]3(O)O[C@H](C)[C@@H](O)[C@H](O)[C@H]3O)ccc2Cl)CC1. The Balaban J connectivity index is 1.80. The molecule has 1 aromatic carbocycles. The van der Waals surface area contributed by atoms with Gasteiger partial charge in [0.25, 0.3) is 0 Å². The van der Waals surface area contributed by atoms with Gasteiger partial charge in [-0.3, -0.25) is 0 Å². The molecule has 3 rings (SSSR count). The summed E-state index contributed by atoms with van der Waals surface area (Å²) in [6.07, 6.45) is -0.0801. The minimum atomic E-state index is -2.11. The average molecular weight is 401 g/mol. The van der Waals surface area contributed by atoms with Gasteiger partial charge in [-0.05, 0) is 62.6 Å². The Morgan fingerprint density at radius 1 is 1.15 bits per heavy atom. The van der Waals surface area contributed by atoms with Gasteiger partial charge in [-0.2, -0.15) is 0 Å². The van der Waals surface area contributed by atoms with Crippen molar-refractivity contribution in [1.82, 2.24) is 0 Å². The number of hydrogen-bond donors (Lipinski definition) is 4. The lowest BCUT2D eigenvalue weighted by Crippen LogP contribution is -2.62. The van der Waals surface area contributed by atoms with E-state index in [1.54, 1.807) is 25.3 Å². The number of benzene rings is 1. The molecule has 0 aromatic heterocycles. The third-order valence-electron chi connectivity index (χ3n) is 6.02. The van der Waals surface area contributed by atoms with E-state index in [-0.39, 0.29) is 0 Å².